The second kappa shape index (κ2) is 5.91. The Hall–Kier alpha value is -2.84. The van der Waals surface area contributed by atoms with Gasteiger partial charge in [-0.25, -0.2) is 19.3 Å². The Labute approximate surface area is 149 Å². The molecule has 0 unspecified atom stereocenters. The van der Waals surface area contributed by atoms with E-state index in [2.05, 4.69) is 20.3 Å². The molecule has 2 heterocycles. The zero-order valence-corrected chi connectivity index (χ0v) is 14.0. The first-order chi connectivity index (χ1) is 12.0. The van der Waals surface area contributed by atoms with Crippen LogP contribution in [0.2, 0.25) is 5.02 Å². The van der Waals surface area contributed by atoms with Gasteiger partial charge in [0.15, 0.2) is 5.01 Å². The summed E-state index contributed by atoms with van der Waals surface area (Å²) >= 11 is 6.93. The molecule has 9 heteroatoms. The van der Waals surface area contributed by atoms with Gasteiger partial charge in [-0.15, -0.1) is 11.3 Å². The molecule has 0 aliphatic rings. The highest BCUT2D eigenvalue weighted by molar-refractivity contribution is 7.21. The van der Waals surface area contributed by atoms with Gasteiger partial charge in [0.2, 0.25) is 0 Å². The van der Waals surface area contributed by atoms with Gasteiger partial charge in [0, 0.05) is 5.02 Å². The van der Waals surface area contributed by atoms with Crippen molar-refractivity contribution in [3.8, 4) is 0 Å². The topological polar surface area (TPSA) is 93.8 Å². The maximum absolute atomic E-state index is 14.1. The zero-order chi connectivity index (χ0) is 17.6. The Morgan fingerprint density at radius 2 is 2.00 bits per heavy atom. The van der Waals surface area contributed by atoms with Gasteiger partial charge in [-0.1, -0.05) is 11.6 Å². The van der Waals surface area contributed by atoms with Crippen LogP contribution in [-0.4, -0.2) is 20.9 Å². The first-order valence-electron chi connectivity index (χ1n) is 7.09. The van der Waals surface area contributed by atoms with Gasteiger partial charge < -0.3 is 11.1 Å². The van der Waals surface area contributed by atoms with Crippen molar-refractivity contribution in [3.05, 3.63) is 52.5 Å². The number of hydrogen-bond acceptors (Lipinski definition) is 6. The number of fused-ring (bicyclic) bond motifs is 3. The van der Waals surface area contributed by atoms with Crippen LogP contribution in [0.3, 0.4) is 0 Å². The summed E-state index contributed by atoms with van der Waals surface area (Å²) < 4.78 is 14.8. The predicted octanol–water partition coefficient (Wildman–Crippen LogP) is 3.87. The van der Waals surface area contributed by atoms with Crippen LogP contribution in [0, 0.1) is 5.82 Å². The lowest BCUT2D eigenvalue weighted by Gasteiger charge is -2.09. The maximum atomic E-state index is 14.1. The van der Waals surface area contributed by atoms with Gasteiger partial charge in [0.1, 0.15) is 18.0 Å². The van der Waals surface area contributed by atoms with Crippen LogP contribution < -0.4 is 11.1 Å². The summed E-state index contributed by atoms with van der Waals surface area (Å²) in [7, 11) is 0. The van der Waals surface area contributed by atoms with E-state index < -0.39 is 11.7 Å². The minimum atomic E-state index is -0.607. The number of halogens is 2. The van der Waals surface area contributed by atoms with Crippen molar-refractivity contribution in [3.63, 3.8) is 0 Å². The molecule has 0 aliphatic carbocycles. The molecule has 0 radical (unpaired) electrons. The number of primary amides is 1. The van der Waals surface area contributed by atoms with E-state index in [4.69, 9.17) is 17.3 Å². The van der Waals surface area contributed by atoms with E-state index in [1.54, 1.807) is 18.2 Å². The van der Waals surface area contributed by atoms with Crippen LogP contribution in [0.1, 0.15) is 9.80 Å². The van der Waals surface area contributed by atoms with Crippen LogP contribution in [0.4, 0.5) is 15.9 Å². The molecular formula is C16H9ClFN5OS. The molecule has 0 atom stereocenters. The fourth-order valence-electron chi connectivity index (χ4n) is 2.45. The number of nitrogens with two attached hydrogens (primary N) is 1. The quantitative estimate of drug-likeness (QED) is 0.568. The van der Waals surface area contributed by atoms with Crippen molar-refractivity contribution >= 4 is 61.5 Å². The molecule has 0 bridgehead atoms. The van der Waals surface area contributed by atoms with Crippen molar-refractivity contribution < 1.29 is 9.18 Å². The third-order valence-electron chi connectivity index (χ3n) is 3.55. The van der Waals surface area contributed by atoms with Crippen molar-refractivity contribution in [1.82, 2.24) is 15.0 Å². The van der Waals surface area contributed by atoms with Crippen molar-refractivity contribution in [2.45, 2.75) is 0 Å². The Balaban J connectivity index is 1.93. The van der Waals surface area contributed by atoms with Gasteiger partial charge in [0.05, 0.1) is 26.8 Å². The molecule has 3 N–H and O–H groups in total. The molecule has 2 aromatic carbocycles. The highest BCUT2D eigenvalue weighted by atomic mass is 35.5. The fourth-order valence-corrected chi connectivity index (χ4v) is 3.57. The first kappa shape index (κ1) is 15.7. The molecule has 0 spiro atoms. The predicted molar refractivity (Wildman–Crippen MR) is 95.9 cm³/mol. The number of rotatable bonds is 3. The number of carbonyl (C=O) groups is 1. The fraction of sp³-hybridized carbons (Fsp3) is 0. The van der Waals surface area contributed by atoms with Crippen LogP contribution in [0.25, 0.3) is 21.1 Å². The second-order valence-electron chi connectivity index (χ2n) is 5.16. The molecular weight excluding hydrogens is 365 g/mol. The summed E-state index contributed by atoms with van der Waals surface area (Å²) in [5.74, 6) is -0.713. The number of amides is 1. The molecule has 1 amide bonds. The second-order valence-corrected chi connectivity index (χ2v) is 6.60. The molecule has 4 aromatic rings. The standard InChI is InChI=1S/C16H9ClFN5OS/c17-7-1-2-9(8(18)5-7)22-15-12-10(20-6-21-15)3-4-11-13(12)25-16(23-11)14(19)24/h1-6H,(H2,19,24)(H,20,21,22). The molecule has 6 nitrogen and oxygen atoms in total. The molecule has 2 aromatic heterocycles. The summed E-state index contributed by atoms with van der Waals surface area (Å²) in [4.78, 5) is 24.1. The third-order valence-corrected chi connectivity index (χ3v) is 4.89. The summed E-state index contributed by atoms with van der Waals surface area (Å²) in [5, 5.41) is 4.08. The number of anilines is 2. The average molecular weight is 374 g/mol. The van der Waals surface area contributed by atoms with Gasteiger partial charge >= 0.3 is 0 Å². The number of nitrogens with zero attached hydrogens (tertiary/aromatic N) is 3. The lowest BCUT2D eigenvalue weighted by Crippen LogP contribution is -2.09. The lowest BCUT2D eigenvalue weighted by atomic mass is 10.2. The third kappa shape index (κ3) is 2.75. The van der Waals surface area contributed by atoms with Crippen molar-refractivity contribution in [2.24, 2.45) is 5.73 Å². The largest absolute Gasteiger partial charge is 0.364 e. The average Bonchev–Trinajstić information content (AvgIpc) is 3.02. The van der Waals surface area contributed by atoms with Crippen molar-refractivity contribution in [1.29, 1.82) is 0 Å². The Morgan fingerprint density at radius 1 is 1.20 bits per heavy atom. The van der Waals surface area contributed by atoms with Gasteiger partial charge in [-0.2, -0.15) is 0 Å². The SMILES string of the molecule is NC(=O)c1nc2ccc3ncnc(Nc4ccc(Cl)cc4F)c3c2s1. The van der Waals surface area contributed by atoms with E-state index in [0.29, 0.717) is 32.0 Å². The maximum Gasteiger partial charge on any atom is 0.277 e. The highest BCUT2D eigenvalue weighted by Gasteiger charge is 2.16. The first-order valence-corrected chi connectivity index (χ1v) is 8.28. The van der Waals surface area contributed by atoms with E-state index in [1.165, 1.54) is 18.5 Å². The van der Waals surface area contributed by atoms with Crippen LogP contribution in [0.15, 0.2) is 36.7 Å². The van der Waals surface area contributed by atoms with Crippen LogP contribution in [-0.2, 0) is 0 Å². The van der Waals surface area contributed by atoms with Crippen LogP contribution >= 0.6 is 22.9 Å². The Bertz CT molecular complexity index is 1150. The monoisotopic (exact) mass is 373 g/mol. The van der Waals surface area contributed by atoms with E-state index in [0.717, 1.165) is 11.3 Å². The van der Waals surface area contributed by atoms with Gasteiger partial charge in [0.25, 0.3) is 5.91 Å². The number of aromatic nitrogens is 3. The van der Waals surface area contributed by atoms with E-state index >= 15 is 0 Å². The number of nitrogens with one attached hydrogen (secondary N) is 1. The summed E-state index contributed by atoms with van der Waals surface area (Å²) in [6, 6.07) is 7.81. The zero-order valence-electron chi connectivity index (χ0n) is 12.5. The minimum Gasteiger partial charge on any atom is -0.364 e. The molecule has 4 rings (SSSR count). The van der Waals surface area contributed by atoms with E-state index in [1.807, 2.05) is 0 Å². The number of benzene rings is 2. The van der Waals surface area contributed by atoms with E-state index in [9.17, 15) is 9.18 Å². The van der Waals surface area contributed by atoms with Crippen molar-refractivity contribution in [2.75, 3.05) is 5.32 Å². The van der Waals surface area contributed by atoms with Gasteiger partial charge in [-0.05, 0) is 30.3 Å². The number of hydrogen-bond donors (Lipinski definition) is 2. The molecule has 0 fully saturated rings. The Morgan fingerprint density at radius 3 is 2.76 bits per heavy atom. The van der Waals surface area contributed by atoms with E-state index in [-0.39, 0.29) is 10.7 Å². The molecule has 124 valence electrons. The molecule has 25 heavy (non-hydrogen) atoms. The van der Waals surface area contributed by atoms with Crippen LogP contribution in [0.5, 0.6) is 0 Å². The summed E-state index contributed by atoms with van der Waals surface area (Å²) in [6.45, 7) is 0. The number of thiazole rings is 1. The molecule has 0 saturated carbocycles. The highest BCUT2D eigenvalue weighted by Crippen LogP contribution is 2.34. The summed E-state index contributed by atoms with van der Waals surface area (Å²) in [5.41, 5.74) is 6.78. The minimum absolute atomic E-state index is 0.190. The van der Waals surface area contributed by atoms with Gasteiger partial charge in [-0.3, -0.25) is 4.79 Å². The normalized spacial score (nSPS) is 11.1. The summed E-state index contributed by atoms with van der Waals surface area (Å²) in [6.07, 6.45) is 1.38. The lowest BCUT2D eigenvalue weighted by molar-refractivity contribution is 0.1000. The smallest absolute Gasteiger partial charge is 0.277 e. The number of carbonyl (C=O) groups excluding carboxylic acids is 1. The molecule has 0 aliphatic heterocycles. The molecule has 0 saturated heterocycles. The Kier molecular flexibility index (Phi) is 3.70.